The molecule has 0 unspecified atom stereocenters. The van der Waals surface area contributed by atoms with Gasteiger partial charge in [0.2, 0.25) is 0 Å². The van der Waals surface area contributed by atoms with Crippen molar-refractivity contribution in [3.8, 4) is 0 Å². The molecule has 0 aliphatic heterocycles. The van der Waals surface area contributed by atoms with Crippen molar-refractivity contribution in [1.29, 1.82) is 0 Å². The number of thioether (sulfide) groups is 1. The Labute approximate surface area is 185 Å². The van der Waals surface area contributed by atoms with Gasteiger partial charge in [0.1, 0.15) is 0 Å². The van der Waals surface area contributed by atoms with E-state index < -0.39 is 0 Å². The maximum atomic E-state index is 12.8. The second kappa shape index (κ2) is 12.2. The van der Waals surface area contributed by atoms with E-state index in [2.05, 4.69) is 10.6 Å². The zero-order valence-corrected chi connectivity index (χ0v) is 18.9. The third-order valence-electron chi connectivity index (χ3n) is 6.25. The van der Waals surface area contributed by atoms with E-state index in [1.165, 1.54) is 44.9 Å². The molecule has 1 amide bonds. The molecule has 2 fully saturated rings. The molecule has 6 heteroatoms. The highest BCUT2D eigenvalue weighted by Crippen LogP contribution is 2.48. The number of carbonyl (C=O) groups excluding carboxylic acids is 1. The second-order valence-electron chi connectivity index (χ2n) is 8.36. The predicted octanol–water partition coefficient (Wildman–Crippen LogP) is 4.57. The second-order valence-corrected chi connectivity index (χ2v) is 10.00. The van der Waals surface area contributed by atoms with Crippen LogP contribution in [0.15, 0.2) is 18.2 Å². The number of benzene rings is 1. The number of hydrogen-bond acceptors (Lipinski definition) is 4. The number of aliphatic hydroxyl groups is 1. The molecule has 1 aromatic rings. The number of amides is 1. The van der Waals surface area contributed by atoms with Crippen molar-refractivity contribution in [3.63, 3.8) is 0 Å². The van der Waals surface area contributed by atoms with Crippen LogP contribution in [0.4, 0.5) is 0 Å². The zero-order valence-electron chi connectivity index (χ0n) is 17.4. The summed E-state index contributed by atoms with van der Waals surface area (Å²) in [5.41, 5.74) is 1.96. The van der Waals surface area contributed by atoms with Crippen molar-refractivity contribution < 1.29 is 9.90 Å². The van der Waals surface area contributed by atoms with Crippen LogP contribution in [0.2, 0.25) is 5.02 Å². The monoisotopic (exact) mass is 438 g/mol. The maximum Gasteiger partial charge on any atom is 0.252 e. The van der Waals surface area contributed by atoms with Gasteiger partial charge in [0, 0.05) is 31.1 Å². The molecular weight excluding hydrogens is 404 g/mol. The van der Waals surface area contributed by atoms with E-state index in [0.29, 0.717) is 22.5 Å². The zero-order chi connectivity index (χ0) is 19.8. The van der Waals surface area contributed by atoms with Crippen LogP contribution in [0.3, 0.4) is 0 Å². The molecule has 3 N–H and O–H groups in total. The van der Waals surface area contributed by atoms with E-state index in [4.69, 9.17) is 16.7 Å². The number of hydrogen-bond donors (Lipinski definition) is 3. The molecule has 162 valence electrons. The van der Waals surface area contributed by atoms with Gasteiger partial charge in [-0.05, 0) is 48.3 Å². The normalized spacial score (nSPS) is 23.3. The number of rotatable bonds is 10. The highest BCUT2D eigenvalue weighted by atomic mass is 35.5. The SMILES string of the molecule is O=C(NCC12CCCC(CCC1)C2)c1cc(CNCCSCCO)ccc1Cl.[CH2]. The summed E-state index contributed by atoms with van der Waals surface area (Å²) in [6.45, 7) is 2.59. The molecule has 0 saturated heterocycles. The quantitative estimate of drug-likeness (QED) is 0.468. The molecule has 0 spiro atoms. The van der Waals surface area contributed by atoms with E-state index in [1.54, 1.807) is 11.8 Å². The molecule has 1 aromatic carbocycles. The molecule has 2 aliphatic rings. The highest BCUT2D eigenvalue weighted by Gasteiger charge is 2.39. The van der Waals surface area contributed by atoms with Gasteiger partial charge in [-0.25, -0.2) is 0 Å². The van der Waals surface area contributed by atoms with Gasteiger partial charge in [-0.3, -0.25) is 4.79 Å². The summed E-state index contributed by atoms with van der Waals surface area (Å²) in [7, 11) is 0. The summed E-state index contributed by atoms with van der Waals surface area (Å²) in [5, 5.41) is 15.9. The van der Waals surface area contributed by atoms with E-state index >= 15 is 0 Å². The first-order valence-corrected chi connectivity index (χ1v) is 12.1. The van der Waals surface area contributed by atoms with E-state index in [1.807, 2.05) is 18.2 Å². The summed E-state index contributed by atoms with van der Waals surface area (Å²) in [6.07, 6.45) is 9.12. The van der Waals surface area contributed by atoms with Crippen LogP contribution in [-0.2, 0) is 6.54 Å². The number of fused-ring (bicyclic) bond motifs is 2. The lowest BCUT2D eigenvalue weighted by Crippen LogP contribution is -2.43. The fraction of sp³-hybridized carbons (Fsp3) is 0.652. The van der Waals surface area contributed by atoms with Crippen LogP contribution < -0.4 is 10.6 Å². The highest BCUT2D eigenvalue weighted by molar-refractivity contribution is 7.99. The largest absolute Gasteiger partial charge is 0.396 e. The van der Waals surface area contributed by atoms with Gasteiger partial charge in [-0.1, -0.05) is 50.8 Å². The molecule has 4 nitrogen and oxygen atoms in total. The average molecular weight is 439 g/mol. The maximum absolute atomic E-state index is 12.8. The van der Waals surface area contributed by atoms with Gasteiger partial charge in [0.15, 0.2) is 0 Å². The molecule has 0 atom stereocenters. The Morgan fingerprint density at radius 1 is 1.24 bits per heavy atom. The summed E-state index contributed by atoms with van der Waals surface area (Å²) in [5.74, 6) is 2.56. The molecule has 2 aliphatic carbocycles. The smallest absolute Gasteiger partial charge is 0.252 e. The molecule has 0 aromatic heterocycles. The number of aliphatic hydroxyl groups excluding tert-OH is 1. The molecular formula is C23H35ClN2O2S. The van der Waals surface area contributed by atoms with Gasteiger partial charge < -0.3 is 15.7 Å². The third-order valence-corrected chi connectivity index (χ3v) is 7.54. The minimum absolute atomic E-state index is 0. The lowest BCUT2D eigenvalue weighted by molar-refractivity contribution is 0.0681. The van der Waals surface area contributed by atoms with E-state index in [-0.39, 0.29) is 19.9 Å². The van der Waals surface area contributed by atoms with Gasteiger partial charge in [-0.15, -0.1) is 0 Å². The summed E-state index contributed by atoms with van der Waals surface area (Å²) in [4.78, 5) is 12.8. The van der Waals surface area contributed by atoms with E-state index in [0.717, 1.165) is 36.1 Å². The Kier molecular flexibility index (Phi) is 10.3. The molecule has 2 saturated carbocycles. The van der Waals surface area contributed by atoms with Gasteiger partial charge in [-0.2, -0.15) is 11.8 Å². The summed E-state index contributed by atoms with van der Waals surface area (Å²) in [6, 6.07) is 5.70. The summed E-state index contributed by atoms with van der Waals surface area (Å²) >= 11 is 8.05. The molecule has 29 heavy (non-hydrogen) atoms. The van der Waals surface area contributed by atoms with Gasteiger partial charge in [0.25, 0.3) is 5.91 Å². The van der Waals surface area contributed by atoms with Crippen molar-refractivity contribution in [3.05, 3.63) is 41.8 Å². The van der Waals surface area contributed by atoms with Crippen molar-refractivity contribution >= 4 is 29.3 Å². The number of nitrogens with one attached hydrogen (secondary N) is 2. The van der Waals surface area contributed by atoms with Crippen LogP contribution in [0.1, 0.15) is 60.9 Å². The predicted molar refractivity (Wildman–Crippen MR) is 124 cm³/mol. The van der Waals surface area contributed by atoms with Crippen LogP contribution in [0.5, 0.6) is 0 Å². The van der Waals surface area contributed by atoms with Crippen LogP contribution in [0, 0.1) is 18.8 Å². The Bertz CT molecular complexity index is 646. The Balaban J connectivity index is 0.00000300. The van der Waals surface area contributed by atoms with Crippen molar-refractivity contribution in [2.45, 2.75) is 51.5 Å². The lowest BCUT2D eigenvalue weighted by atomic mass is 9.62. The lowest BCUT2D eigenvalue weighted by Gasteiger charge is -2.45. The fourth-order valence-electron chi connectivity index (χ4n) is 4.83. The fourth-order valence-corrected chi connectivity index (χ4v) is 5.66. The standard InChI is InChI=1S/C22H33ClN2O2S.CH2/c23-20-6-5-18(15-24-9-11-28-12-10-26)13-19(20)21(27)25-16-22-7-1-3-17(14-22)4-2-8-22;/h5-6,13,17,24,26H,1-4,7-12,14-16H2,(H,25,27);1H2. The van der Waals surface area contributed by atoms with Crippen LogP contribution in [-0.4, -0.2) is 42.2 Å². The Hall–Kier alpha value is -0.750. The molecule has 0 heterocycles. The van der Waals surface area contributed by atoms with Crippen LogP contribution >= 0.6 is 23.4 Å². The number of halogens is 1. The molecule has 2 bridgehead atoms. The van der Waals surface area contributed by atoms with Gasteiger partial charge in [0.05, 0.1) is 17.2 Å². The first kappa shape index (κ1) is 24.5. The van der Waals surface area contributed by atoms with Crippen LogP contribution in [0.25, 0.3) is 0 Å². The first-order valence-electron chi connectivity index (χ1n) is 10.6. The number of carbonyl (C=O) groups is 1. The summed E-state index contributed by atoms with van der Waals surface area (Å²) < 4.78 is 0. The average Bonchev–Trinajstić information content (AvgIpc) is 2.70. The topological polar surface area (TPSA) is 61.4 Å². The Morgan fingerprint density at radius 3 is 2.72 bits per heavy atom. The molecule has 3 rings (SSSR count). The third kappa shape index (κ3) is 7.16. The van der Waals surface area contributed by atoms with Crippen molar-refractivity contribution in [2.24, 2.45) is 11.3 Å². The minimum Gasteiger partial charge on any atom is -0.396 e. The van der Waals surface area contributed by atoms with Crippen molar-refractivity contribution in [2.75, 3.05) is 31.2 Å². The van der Waals surface area contributed by atoms with E-state index in [9.17, 15) is 4.79 Å². The first-order chi connectivity index (χ1) is 13.6. The minimum atomic E-state index is -0.0487. The molecule has 2 radical (unpaired) electrons. The Morgan fingerprint density at radius 2 is 2.00 bits per heavy atom. The van der Waals surface area contributed by atoms with Gasteiger partial charge >= 0.3 is 0 Å². The van der Waals surface area contributed by atoms with Crippen molar-refractivity contribution in [1.82, 2.24) is 10.6 Å².